The fourth-order valence-electron chi connectivity index (χ4n) is 1.21. The highest BCUT2D eigenvalue weighted by Crippen LogP contribution is 2.15. The van der Waals surface area contributed by atoms with Crippen molar-refractivity contribution in [1.29, 1.82) is 0 Å². The second-order valence-corrected chi connectivity index (χ2v) is 3.73. The number of aromatic nitrogens is 2. The van der Waals surface area contributed by atoms with Crippen molar-refractivity contribution in [1.82, 2.24) is 10.2 Å². The van der Waals surface area contributed by atoms with Gasteiger partial charge in [0.05, 0.1) is 6.42 Å². The molecular weight excluding hydrogens is 215 g/mol. The molecule has 2 aromatic rings. The highest BCUT2D eigenvalue weighted by molar-refractivity contribution is 7.98. The molecular formula is C10H9FN2OS. The largest absolute Gasteiger partial charge is 0.416 e. The Balaban J connectivity index is 2.14. The molecule has 0 aliphatic heterocycles. The summed E-state index contributed by atoms with van der Waals surface area (Å²) in [5, 5.41) is 8.19. The molecule has 78 valence electrons. The molecule has 15 heavy (non-hydrogen) atoms. The van der Waals surface area contributed by atoms with Crippen molar-refractivity contribution in [3.63, 3.8) is 0 Å². The predicted molar refractivity (Wildman–Crippen MR) is 55.3 cm³/mol. The number of thioether (sulfide) groups is 1. The van der Waals surface area contributed by atoms with E-state index in [-0.39, 0.29) is 5.82 Å². The molecule has 5 heteroatoms. The van der Waals surface area contributed by atoms with Gasteiger partial charge in [-0.2, -0.15) is 0 Å². The Bertz CT molecular complexity index is 458. The molecule has 2 rings (SSSR count). The summed E-state index contributed by atoms with van der Waals surface area (Å²) in [5.41, 5.74) is 0.825. The van der Waals surface area contributed by atoms with Crippen LogP contribution in [-0.2, 0) is 6.42 Å². The topological polar surface area (TPSA) is 38.9 Å². The third kappa shape index (κ3) is 2.56. The minimum atomic E-state index is -0.253. The van der Waals surface area contributed by atoms with Crippen molar-refractivity contribution < 1.29 is 8.81 Å². The van der Waals surface area contributed by atoms with Crippen molar-refractivity contribution >= 4 is 11.8 Å². The highest BCUT2D eigenvalue weighted by atomic mass is 32.2. The molecule has 0 atom stereocenters. The maximum atomic E-state index is 12.9. The normalized spacial score (nSPS) is 10.5. The molecule has 1 aromatic carbocycles. The van der Waals surface area contributed by atoms with Crippen molar-refractivity contribution in [2.75, 3.05) is 6.26 Å². The minimum absolute atomic E-state index is 0.253. The summed E-state index contributed by atoms with van der Waals surface area (Å²) >= 11 is 1.39. The van der Waals surface area contributed by atoms with Gasteiger partial charge < -0.3 is 4.42 Å². The number of hydrogen-bond acceptors (Lipinski definition) is 4. The van der Waals surface area contributed by atoms with Gasteiger partial charge in [0, 0.05) is 0 Å². The van der Waals surface area contributed by atoms with Gasteiger partial charge in [0.1, 0.15) is 5.82 Å². The van der Waals surface area contributed by atoms with Crippen LogP contribution in [0.4, 0.5) is 4.39 Å². The zero-order chi connectivity index (χ0) is 10.7. The van der Waals surface area contributed by atoms with Crippen LogP contribution < -0.4 is 0 Å². The molecule has 0 unspecified atom stereocenters. The van der Waals surface area contributed by atoms with E-state index in [0.717, 1.165) is 5.56 Å². The average molecular weight is 224 g/mol. The van der Waals surface area contributed by atoms with Gasteiger partial charge in [0.2, 0.25) is 5.89 Å². The summed E-state index contributed by atoms with van der Waals surface area (Å²) in [6, 6.07) is 6.36. The van der Waals surface area contributed by atoms with Gasteiger partial charge in [-0.3, -0.25) is 0 Å². The molecule has 1 aromatic heterocycles. The zero-order valence-electron chi connectivity index (χ0n) is 8.11. The van der Waals surface area contributed by atoms with Gasteiger partial charge in [-0.25, -0.2) is 4.39 Å². The van der Waals surface area contributed by atoms with Crippen molar-refractivity contribution in [3.05, 3.63) is 41.5 Å². The Morgan fingerprint density at radius 2 is 2.27 bits per heavy atom. The van der Waals surface area contributed by atoms with E-state index in [0.29, 0.717) is 17.5 Å². The summed E-state index contributed by atoms with van der Waals surface area (Å²) in [7, 11) is 0. The van der Waals surface area contributed by atoms with Gasteiger partial charge in [0.25, 0.3) is 5.22 Å². The van der Waals surface area contributed by atoms with E-state index in [4.69, 9.17) is 4.42 Å². The Hall–Kier alpha value is -1.36. The number of hydrogen-bond donors (Lipinski definition) is 0. The molecule has 1 heterocycles. The fraction of sp³-hybridized carbons (Fsp3) is 0.200. The lowest BCUT2D eigenvalue weighted by Gasteiger charge is -1.96. The molecule has 0 fully saturated rings. The van der Waals surface area contributed by atoms with E-state index in [1.807, 2.05) is 12.3 Å². The lowest BCUT2D eigenvalue weighted by molar-refractivity contribution is 0.420. The molecule has 0 saturated heterocycles. The van der Waals surface area contributed by atoms with E-state index in [1.54, 1.807) is 6.07 Å². The van der Waals surface area contributed by atoms with Gasteiger partial charge in [-0.1, -0.05) is 23.9 Å². The fourth-order valence-corrected chi connectivity index (χ4v) is 1.52. The number of benzene rings is 1. The average Bonchev–Trinajstić information content (AvgIpc) is 2.65. The van der Waals surface area contributed by atoms with E-state index in [1.165, 1.54) is 23.9 Å². The monoisotopic (exact) mass is 224 g/mol. The van der Waals surface area contributed by atoms with Gasteiger partial charge in [-0.15, -0.1) is 10.2 Å². The summed E-state index contributed by atoms with van der Waals surface area (Å²) in [4.78, 5) is 0. The SMILES string of the molecule is CSc1nnc(Cc2cccc(F)c2)o1. The van der Waals surface area contributed by atoms with E-state index in [2.05, 4.69) is 10.2 Å². The molecule has 0 aliphatic carbocycles. The first kappa shape index (κ1) is 10.2. The van der Waals surface area contributed by atoms with E-state index >= 15 is 0 Å². The van der Waals surface area contributed by atoms with Crippen molar-refractivity contribution in [3.8, 4) is 0 Å². The van der Waals surface area contributed by atoms with Crippen LogP contribution in [0.25, 0.3) is 0 Å². The Morgan fingerprint density at radius 1 is 1.40 bits per heavy atom. The summed E-state index contributed by atoms with van der Waals surface area (Å²) in [6.07, 6.45) is 2.32. The maximum Gasteiger partial charge on any atom is 0.276 e. The van der Waals surface area contributed by atoms with Crippen LogP contribution >= 0.6 is 11.8 Å². The molecule has 0 spiro atoms. The molecule has 0 saturated carbocycles. The summed E-state index contributed by atoms with van der Waals surface area (Å²) in [5.74, 6) is 0.252. The lowest BCUT2D eigenvalue weighted by Crippen LogP contribution is -1.89. The minimum Gasteiger partial charge on any atom is -0.416 e. The van der Waals surface area contributed by atoms with Crippen LogP contribution in [0.5, 0.6) is 0 Å². The predicted octanol–water partition coefficient (Wildman–Crippen LogP) is 2.52. The van der Waals surface area contributed by atoms with Gasteiger partial charge >= 0.3 is 0 Å². The molecule has 3 nitrogen and oxygen atoms in total. The standard InChI is InChI=1S/C10H9FN2OS/c1-15-10-13-12-9(14-10)6-7-3-2-4-8(11)5-7/h2-5H,6H2,1H3. The van der Waals surface area contributed by atoms with Crippen LogP contribution in [0.3, 0.4) is 0 Å². The number of halogens is 1. The lowest BCUT2D eigenvalue weighted by atomic mass is 10.1. The molecule has 0 N–H and O–H groups in total. The summed E-state index contributed by atoms with van der Waals surface area (Å²) in [6.45, 7) is 0. The quantitative estimate of drug-likeness (QED) is 0.751. The third-order valence-electron chi connectivity index (χ3n) is 1.87. The molecule has 0 aliphatic rings. The number of rotatable bonds is 3. The third-order valence-corrected chi connectivity index (χ3v) is 2.38. The molecule has 0 bridgehead atoms. The van der Waals surface area contributed by atoms with Crippen LogP contribution in [0.2, 0.25) is 0 Å². The first-order valence-electron chi connectivity index (χ1n) is 4.39. The second kappa shape index (κ2) is 4.44. The highest BCUT2D eigenvalue weighted by Gasteiger charge is 2.06. The van der Waals surface area contributed by atoms with E-state index in [9.17, 15) is 4.39 Å². The van der Waals surface area contributed by atoms with Crippen LogP contribution in [-0.4, -0.2) is 16.5 Å². The first-order valence-corrected chi connectivity index (χ1v) is 5.61. The Kier molecular flexibility index (Phi) is 3.01. The first-order chi connectivity index (χ1) is 7.28. The van der Waals surface area contributed by atoms with Crippen molar-refractivity contribution in [2.24, 2.45) is 0 Å². The molecule has 0 radical (unpaired) electrons. The van der Waals surface area contributed by atoms with E-state index < -0.39 is 0 Å². The number of nitrogens with zero attached hydrogens (tertiary/aromatic N) is 2. The molecule has 0 amide bonds. The smallest absolute Gasteiger partial charge is 0.276 e. The summed E-state index contributed by atoms with van der Waals surface area (Å²) < 4.78 is 18.2. The van der Waals surface area contributed by atoms with Crippen LogP contribution in [0.1, 0.15) is 11.5 Å². The second-order valence-electron chi connectivity index (χ2n) is 2.97. The zero-order valence-corrected chi connectivity index (χ0v) is 8.92. The maximum absolute atomic E-state index is 12.9. The van der Waals surface area contributed by atoms with Crippen LogP contribution in [0.15, 0.2) is 33.9 Å². The van der Waals surface area contributed by atoms with Crippen LogP contribution in [0, 0.1) is 5.82 Å². The van der Waals surface area contributed by atoms with Gasteiger partial charge in [-0.05, 0) is 24.0 Å². The Morgan fingerprint density at radius 3 is 2.93 bits per heavy atom. The van der Waals surface area contributed by atoms with Crippen molar-refractivity contribution in [2.45, 2.75) is 11.6 Å². The Labute approximate surface area is 90.7 Å². The van der Waals surface area contributed by atoms with Gasteiger partial charge in [0.15, 0.2) is 0 Å².